The number of hydrogen-bond acceptors (Lipinski definition) is 3. The molecule has 80 valence electrons. The fourth-order valence-electron chi connectivity index (χ4n) is 1.77. The van der Waals surface area contributed by atoms with Gasteiger partial charge in [0.2, 0.25) is 0 Å². The number of thioether (sulfide) groups is 1. The Morgan fingerprint density at radius 2 is 2.13 bits per heavy atom. The molecular formula is C11H12O3S. The Bertz CT molecular complexity index is 410. The van der Waals surface area contributed by atoms with Crippen LogP contribution in [0.4, 0.5) is 0 Å². The third kappa shape index (κ3) is 1.59. The van der Waals surface area contributed by atoms with Crippen LogP contribution in [0.2, 0.25) is 0 Å². The van der Waals surface area contributed by atoms with Crippen LogP contribution in [-0.4, -0.2) is 22.4 Å². The summed E-state index contributed by atoms with van der Waals surface area (Å²) in [5.74, 6) is -0.739. The van der Waals surface area contributed by atoms with Crippen LogP contribution in [0.15, 0.2) is 23.1 Å². The molecule has 0 amide bonds. The van der Waals surface area contributed by atoms with E-state index in [1.807, 2.05) is 12.3 Å². The molecule has 0 radical (unpaired) electrons. The van der Waals surface area contributed by atoms with Gasteiger partial charge in [0.1, 0.15) is 5.75 Å². The van der Waals surface area contributed by atoms with E-state index >= 15 is 0 Å². The second-order valence-corrected chi connectivity index (χ2v) is 4.65. The van der Waals surface area contributed by atoms with Crippen molar-refractivity contribution < 1.29 is 15.0 Å². The number of hydrogen-bond donors (Lipinski definition) is 2. The minimum atomic E-state index is -0.838. The Balaban J connectivity index is 2.42. The lowest BCUT2D eigenvalue weighted by Crippen LogP contribution is -2.19. The highest BCUT2D eigenvalue weighted by Crippen LogP contribution is 2.51. The van der Waals surface area contributed by atoms with Crippen molar-refractivity contribution in [3.8, 4) is 5.75 Å². The van der Waals surface area contributed by atoms with E-state index in [-0.39, 0.29) is 5.75 Å². The first-order valence-electron chi connectivity index (χ1n) is 4.71. The van der Waals surface area contributed by atoms with Crippen LogP contribution in [0.3, 0.4) is 0 Å². The van der Waals surface area contributed by atoms with E-state index in [4.69, 9.17) is 5.11 Å². The summed E-state index contributed by atoms with van der Waals surface area (Å²) in [5.41, 5.74) is -0.270. The predicted octanol–water partition coefficient (Wildman–Crippen LogP) is 2.23. The Hall–Kier alpha value is -1.16. The molecule has 0 atom stereocenters. The van der Waals surface area contributed by atoms with Crippen LogP contribution in [0, 0.1) is 0 Å². The fourth-order valence-corrected chi connectivity index (χ4v) is 2.20. The maximum absolute atomic E-state index is 11.1. The lowest BCUT2D eigenvalue weighted by atomic mass is 9.95. The lowest BCUT2D eigenvalue weighted by molar-refractivity contribution is -0.140. The molecule has 4 heteroatoms. The fraction of sp³-hybridized carbons (Fsp3) is 0.364. The van der Waals surface area contributed by atoms with Crippen molar-refractivity contribution in [1.29, 1.82) is 0 Å². The Kier molecular flexibility index (Phi) is 2.38. The van der Waals surface area contributed by atoms with E-state index < -0.39 is 11.4 Å². The number of benzene rings is 1. The number of carbonyl (C=O) groups is 1. The summed E-state index contributed by atoms with van der Waals surface area (Å²) in [7, 11) is 0. The van der Waals surface area contributed by atoms with Crippen LogP contribution in [0.5, 0.6) is 5.75 Å². The van der Waals surface area contributed by atoms with Crippen molar-refractivity contribution in [3.63, 3.8) is 0 Å². The molecular weight excluding hydrogens is 212 g/mol. The second kappa shape index (κ2) is 3.45. The van der Waals surface area contributed by atoms with Crippen LogP contribution in [-0.2, 0) is 10.2 Å². The van der Waals surface area contributed by atoms with Crippen molar-refractivity contribution in [3.05, 3.63) is 23.8 Å². The second-order valence-electron chi connectivity index (χ2n) is 3.77. The van der Waals surface area contributed by atoms with Gasteiger partial charge < -0.3 is 10.2 Å². The van der Waals surface area contributed by atoms with E-state index in [1.165, 1.54) is 11.8 Å². The summed E-state index contributed by atoms with van der Waals surface area (Å²) in [6.07, 6.45) is 3.15. The Morgan fingerprint density at radius 3 is 2.53 bits per heavy atom. The van der Waals surface area contributed by atoms with Gasteiger partial charge in [0.15, 0.2) is 0 Å². The molecule has 0 heterocycles. The molecule has 0 spiro atoms. The zero-order valence-corrected chi connectivity index (χ0v) is 9.17. The van der Waals surface area contributed by atoms with Crippen molar-refractivity contribution >= 4 is 17.7 Å². The van der Waals surface area contributed by atoms with Gasteiger partial charge in [-0.3, -0.25) is 4.79 Å². The average molecular weight is 224 g/mol. The topological polar surface area (TPSA) is 57.5 Å². The Morgan fingerprint density at radius 1 is 1.47 bits per heavy atom. The number of aliphatic carboxylic acids is 1. The molecule has 1 aromatic carbocycles. The van der Waals surface area contributed by atoms with Gasteiger partial charge in [0.05, 0.1) is 5.41 Å². The lowest BCUT2D eigenvalue weighted by Gasteiger charge is -2.12. The van der Waals surface area contributed by atoms with Gasteiger partial charge in [0.25, 0.3) is 0 Å². The van der Waals surface area contributed by atoms with Crippen LogP contribution >= 0.6 is 11.8 Å². The normalized spacial score (nSPS) is 17.4. The smallest absolute Gasteiger partial charge is 0.314 e. The number of phenolic OH excluding ortho intramolecular Hbond substituents is 1. The van der Waals surface area contributed by atoms with Gasteiger partial charge in [-0.05, 0) is 31.2 Å². The van der Waals surface area contributed by atoms with Crippen molar-refractivity contribution in [2.24, 2.45) is 0 Å². The predicted molar refractivity (Wildman–Crippen MR) is 58.4 cm³/mol. The molecule has 3 nitrogen and oxygen atoms in total. The summed E-state index contributed by atoms with van der Waals surface area (Å²) in [6.45, 7) is 0. The quantitative estimate of drug-likeness (QED) is 0.773. The molecule has 0 aliphatic heterocycles. The van der Waals surface area contributed by atoms with E-state index in [0.29, 0.717) is 18.4 Å². The highest BCUT2D eigenvalue weighted by atomic mass is 32.2. The van der Waals surface area contributed by atoms with Gasteiger partial charge in [-0.15, -0.1) is 11.8 Å². The minimum absolute atomic E-state index is 0.0988. The summed E-state index contributed by atoms with van der Waals surface area (Å²) >= 11 is 1.52. The van der Waals surface area contributed by atoms with Gasteiger partial charge in [-0.2, -0.15) is 0 Å². The van der Waals surface area contributed by atoms with E-state index in [9.17, 15) is 9.90 Å². The zero-order valence-electron chi connectivity index (χ0n) is 8.36. The van der Waals surface area contributed by atoms with Crippen molar-refractivity contribution in [2.45, 2.75) is 23.2 Å². The van der Waals surface area contributed by atoms with Crippen LogP contribution in [0.25, 0.3) is 0 Å². The van der Waals surface area contributed by atoms with E-state index in [0.717, 1.165) is 4.90 Å². The molecule has 2 N–H and O–H groups in total. The highest BCUT2D eigenvalue weighted by Gasteiger charge is 2.53. The summed E-state index contributed by atoms with van der Waals surface area (Å²) in [4.78, 5) is 12.0. The third-order valence-corrected chi connectivity index (χ3v) is 3.61. The number of phenols is 1. The monoisotopic (exact) mass is 224 g/mol. The van der Waals surface area contributed by atoms with E-state index in [2.05, 4.69) is 0 Å². The first kappa shape index (κ1) is 10.4. The zero-order chi connectivity index (χ0) is 11.1. The molecule has 1 fully saturated rings. The third-order valence-electron chi connectivity index (χ3n) is 2.88. The van der Waals surface area contributed by atoms with Crippen LogP contribution in [0.1, 0.15) is 18.4 Å². The van der Waals surface area contributed by atoms with Gasteiger partial charge >= 0.3 is 5.97 Å². The largest absolute Gasteiger partial charge is 0.508 e. The summed E-state index contributed by atoms with van der Waals surface area (Å²) in [5, 5.41) is 18.9. The van der Waals surface area contributed by atoms with Crippen molar-refractivity contribution in [1.82, 2.24) is 0 Å². The highest BCUT2D eigenvalue weighted by molar-refractivity contribution is 7.98. The maximum Gasteiger partial charge on any atom is 0.314 e. The van der Waals surface area contributed by atoms with Crippen molar-refractivity contribution in [2.75, 3.05) is 6.26 Å². The molecule has 1 saturated carbocycles. The standard InChI is InChI=1S/C11H12O3S/c1-15-7-2-3-8(9(12)6-7)11(4-5-11)10(13)14/h2-3,6,12H,4-5H2,1H3,(H,13,14). The van der Waals surface area contributed by atoms with Crippen LogP contribution < -0.4 is 0 Å². The molecule has 15 heavy (non-hydrogen) atoms. The van der Waals surface area contributed by atoms with Gasteiger partial charge in [-0.25, -0.2) is 0 Å². The number of aromatic hydroxyl groups is 1. The molecule has 1 aromatic rings. The molecule has 0 aromatic heterocycles. The molecule has 0 saturated heterocycles. The summed E-state index contributed by atoms with van der Waals surface area (Å²) < 4.78 is 0. The van der Waals surface area contributed by atoms with Gasteiger partial charge in [-0.1, -0.05) is 6.07 Å². The summed E-state index contributed by atoms with van der Waals surface area (Å²) in [6, 6.07) is 5.20. The first-order chi connectivity index (χ1) is 7.10. The number of carboxylic acids is 1. The molecule has 2 rings (SSSR count). The molecule has 1 aliphatic carbocycles. The van der Waals surface area contributed by atoms with E-state index in [1.54, 1.807) is 12.1 Å². The van der Waals surface area contributed by atoms with Gasteiger partial charge in [0, 0.05) is 10.5 Å². The average Bonchev–Trinajstić information content (AvgIpc) is 2.98. The number of carboxylic acid groups (broad SMARTS) is 1. The minimum Gasteiger partial charge on any atom is -0.508 e. The molecule has 0 unspecified atom stereocenters. The number of rotatable bonds is 3. The molecule has 1 aliphatic rings. The first-order valence-corrected chi connectivity index (χ1v) is 5.93. The maximum atomic E-state index is 11.1. The Labute approximate surface area is 92.1 Å². The molecule has 0 bridgehead atoms. The SMILES string of the molecule is CSc1ccc(C2(C(=O)O)CC2)c(O)c1.